The number of methoxy groups -OCH3 is 1. The Morgan fingerprint density at radius 1 is 1.15 bits per heavy atom. The van der Waals surface area contributed by atoms with Crippen LogP contribution in [0, 0.1) is 0 Å². The lowest BCUT2D eigenvalue weighted by molar-refractivity contribution is -0.119. The highest BCUT2D eigenvalue weighted by Gasteiger charge is 2.34. The van der Waals surface area contributed by atoms with Crippen LogP contribution in [0.3, 0.4) is 0 Å². The molecule has 3 rings (SSSR count). The molecule has 0 spiro atoms. The van der Waals surface area contributed by atoms with Crippen LogP contribution in [-0.2, 0) is 4.79 Å². The van der Waals surface area contributed by atoms with Gasteiger partial charge in [-0.15, -0.1) is 0 Å². The van der Waals surface area contributed by atoms with E-state index < -0.39 is 6.04 Å². The number of hydrogen-bond acceptors (Lipinski definition) is 3. The van der Waals surface area contributed by atoms with E-state index in [1.54, 1.807) is 48.4 Å². The SMILES string of the molecule is COc1cccc(NC(=O)C2CCCN2C(=O)c2ccc(Cl)c(Cl)c2)c1. The summed E-state index contributed by atoms with van der Waals surface area (Å²) in [5, 5.41) is 3.56. The van der Waals surface area contributed by atoms with E-state index in [1.165, 1.54) is 6.07 Å². The molecule has 1 aliphatic heterocycles. The maximum atomic E-state index is 12.8. The number of nitrogens with one attached hydrogen (secondary N) is 1. The summed E-state index contributed by atoms with van der Waals surface area (Å²) in [6, 6.07) is 11.3. The number of rotatable bonds is 4. The Kier molecular flexibility index (Phi) is 5.69. The molecule has 1 atom stereocenters. The second kappa shape index (κ2) is 7.98. The van der Waals surface area contributed by atoms with Gasteiger partial charge in [0.15, 0.2) is 0 Å². The van der Waals surface area contributed by atoms with Crippen LogP contribution in [0.5, 0.6) is 5.75 Å². The normalized spacial score (nSPS) is 16.4. The molecule has 0 aliphatic carbocycles. The summed E-state index contributed by atoms with van der Waals surface area (Å²) in [7, 11) is 1.57. The number of anilines is 1. The summed E-state index contributed by atoms with van der Waals surface area (Å²) in [5.41, 5.74) is 1.05. The molecule has 1 aliphatic rings. The lowest BCUT2D eigenvalue weighted by Gasteiger charge is -2.24. The van der Waals surface area contributed by atoms with Crippen LogP contribution in [0.4, 0.5) is 5.69 Å². The zero-order valence-corrected chi connectivity index (χ0v) is 15.7. The summed E-state index contributed by atoms with van der Waals surface area (Å²) >= 11 is 11.9. The number of carbonyl (C=O) groups excluding carboxylic acids is 2. The number of likely N-dealkylation sites (tertiary alicyclic amines) is 1. The van der Waals surface area contributed by atoms with Gasteiger partial charge in [-0.3, -0.25) is 9.59 Å². The molecule has 1 heterocycles. The van der Waals surface area contributed by atoms with Crippen molar-refractivity contribution in [1.29, 1.82) is 0 Å². The minimum absolute atomic E-state index is 0.218. The van der Waals surface area contributed by atoms with Crippen molar-refractivity contribution in [3.63, 3.8) is 0 Å². The number of benzene rings is 2. The number of halogens is 2. The highest BCUT2D eigenvalue weighted by Crippen LogP contribution is 2.26. The van der Waals surface area contributed by atoms with Crippen LogP contribution in [0.25, 0.3) is 0 Å². The first-order valence-electron chi connectivity index (χ1n) is 8.20. The van der Waals surface area contributed by atoms with Crippen molar-refractivity contribution < 1.29 is 14.3 Å². The number of amides is 2. The molecule has 2 aromatic carbocycles. The second-order valence-electron chi connectivity index (χ2n) is 6.01. The van der Waals surface area contributed by atoms with E-state index in [2.05, 4.69) is 5.32 Å². The third-order valence-corrected chi connectivity index (χ3v) is 5.06. The molecule has 0 saturated carbocycles. The smallest absolute Gasteiger partial charge is 0.254 e. The van der Waals surface area contributed by atoms with Crippen molar-refractivity contribution in [3.05, 3.63) is 58.1 Å². The van der Waals surface area contributed by atoms with Gasteiger partial charge in [0.25, 0.3) is 5.91 Å². The Labute approximate surface area is 161 Å². The molecule has 136 valence electrons. The van der Waals surface area contributed by atoms with Crippen molar-refractivity contribution in [2.75, 3.05) is 19.0 Å². The lowest BCUT2D eigenvalue weighted by atomic mass is 10.1. The predicted molar refractivity (Wildman–Crippen MR) is 102 cm³/mol. The first-order valence-corrected chi connectivity index (χ1v) is 8.96. The monoisotopic (exact) mass is 392 g/mol. The predicted octanol–water partition coefficient (Wildman–Crippen LogP) is 4.25. The van der Waals surface area contributed by atoms with Crippen molar-refractivity contribution >= 4 is 40.7 Å². The first kappa shape index (κ1) is 18.5. The summed E-state index contributed by atoms with van der Waals surface area (Å²) in [4.78, 5) is 27.1. The fraction of sp³-hybridized carbons (Fsp3) is 0.263. The van der Waals surface area contributed by atoms with Crippen LogP contribution in [0.15, 0.2) is 42.5 Å². The van der Waals surface area contributed by atoms with Gasteiger partial charge in [-0.1, -0.05) is 29.3 Å². The zero-order chi connectivity index (χ0) is 18.7. The standard InChI is InChI=1S/C19H18Cl2N2O3/c1-26-14-5-2-4-13(11-14)22-18(24)17-6-3-9-23(17)19(25)12-7-8-15(20)16(21)10-12/h2,4-5,7-8,10-11,17H,3,6,9H2,1H3,(H,22,24). The minimum Gasteiger partial charge on any atom is -0.497 e. The van der Waals surface area contributed by atoms with E-state index in [0.29, 0.717) is 40.0 Å². The molecular weight excluding hydrogens is 375 g/mol. The molecule has 1 fully saturated rings. The fourth-order valence-corrected chi connectivity index (χ4v) is 3.30. The summed E-state index contributed by atoms with van der Waals surface area (Å²) in [6.07, 6.45) is 1.38. The Morgan fingerprint density at radius 2 is 1.96 bits per heavy atom. The molecule has 0 radical (unpaired) electrons. The van der Waals surface area contributed by atoms with Crippen LogP contribution in [0.2, 0.25) is 10.0 Å². The number of ether oxygens (including phenoxy) is 1. The van der Waals surface area contributed by atoms with Crippen molar-refractivity contribution in [1.82, 2.24) is 4.90 Å². The molecule has 0 aromatic heterocycles. The van der Waals surface area contributed by atoms with Crippen LogP contribution < -0.4 is 10.1 Å². The molecular formula is C19H18Cl2N2O3. The largest absolute Gasteiger partial charge is 0.497 e. The minimum atomic E-state index is -0.525. The molecule has 5 nitrogen and oxygen atoms in total. The highest BCUT2D eigenvalue weighted by atomic mass is 35.5. The molecule has 0 bridgehead atoms. The summed E-state index contributed by atoms with van der Waals surface area (Å²) in [5.74, 6) is 0.203. The average molecular weight is 393 g/mol. The van der Waals surface area contributed by atoms with E-state index in [-0.39, 0.29) is 11.8 Å². The van der Waals surface area contributed by atoms with E-state index in [1.807, 2.05) is 0 Å². The molecule has 7 heteroatoms. The van der Waals surface area contributed by atoms with Gasteiger partial charge in [-0.05, 0) is 43.2 Å². The van der Waals surface area contributed by atoms with Crippen molar-refractivity contribution in [2.45, 2.75) is 18.9 Å². The van der Waals surface area contributed by atoms with Crippen molar-refractivity contribution in [3.8, 4) is 5.75 Å². The zero-order valence-electron chi connectivity index (χ0n) is 14.2. The topological polar surface area (TPSA) is 58.6 Å². The summed E-state index contributed by atoms with van der Waals surface area (Å²) in [6.45, 7) is 0.523. The number of nitrogens with zero attached hydrogens (tertiary/aromatic N) is 1. The Morgan fingerprint density at radius 3 is 2.69 bits per heavy atom. The third kappa shape index (κ3) is 3.94. The summed E-state index contributed by atoms with van der Waals surface area (Å²) < 4.78 is 5.16. The fourth-order valence-electron chi connectivity index (χ4n) is 3.00. The molecule has 26 heavy (non-hydrogen) atoms. The van der Waals surface area contributed by atoms with Gasteiger partial charge < -0.3 is 15.0 Å². The van der Waals surface area contributed by atoms with E-state index in [0.717, 1.165) is 6.42 Å². The van der Waals surface area contributed by atoms with Gasteiger partial charge in [0.1, 0.15) is 11.8 Å². The van der Waals surface area contributed by atoms with Crippen molar-refractivity contribution in [2.24, 2.45) is 0 Å². The Balaban J connectivity index is 1.75. The second-order valence-corrected chi connectivity index (χ2v) is 6.82. The quantitative estimate of drug-likeness (QED) is 0.845. The van der Waals surface area contributed by atoms with Crippen LogP contribution >= 0.6 is 23.2 Å². The Bertz CT molecular complexity index is 841. The van der Waals surface area contributed by atoms with E-state index >= 15 is 0 Å². The highest BCUT2D eigenvalue weighted by molar-refractivity contribution is 6.42. The van der Waals surface area contributed by atoms with Gasteiger partial charge in [0, 0.05) is 23.9 Å². The Hall–Kier alpha value is -2.24. The van der Waals surface area contributed by atoms with Crippen LogP contribution in [-0.4, -0.2) is 36.4 Å². The number of hydrogen-bond donors (Lipinski definition) is 1. The third-order valence-electron chi connectivity index (χ3n) is 4.32. The average Bonchev–Trinajstić information content (AvgIpc) is 3.13. The van der Waals surface area contributed by atoms with Gasteiger partial charge >= 0.3 is 0 Å². The maximum Gasteiger partial charge on any atom is 0.254 e. The van der Waals surface area contributed by atoms with Gasteiger partial charge in [0.2, 0.25) is 5.91 Å². The van der Waals surface area contributed by atoms with Gasteiger partial charge in [-0.25, -0.2) is 0 Å². The first-order chi connectivity index (χ1) is 12.5. The molecule has 2 amide bonds. The molecule has 2 aromatic rings. The molecule has 1 unspecified atom stereocenters. The molecule has 1 saturated heterocycles. The van der Waals surface area contributed by atoms with Crippen LogP contribution in [0.1, 0.15) is 23.2 Å². The van der Waals surface area contributed by atoms with E-state index in [9.17, 15) is 9.59 Å². The van der Waals surface area contributed by atoms with E-state index in [4.69, 9.17) is 27.9 Å². The number of carbonyl (C=O) groups is 2. The maximum absolute atomic E-state index is 12.8. The lowest BCUT2D eigenvalue weighted by Crippen LogP contribution is -2.43. The molecule has 1 N–H and O–H groups in total. The van der Waals surface area contributed by atoms with Gasteiger partial charge in [-0.2, -0.15) is 0 Å². The van der Waals surface area contributed by atoms with Gasteiger partial charge in [0.05, 0.1) is 17.2 Å².